The normalized spacial score (nSPS) is 14.5. The molecule has 8 heteroatoms. The molecule has 0 aromatic heterocycles. The number of hydrogen-bond donors (Lipinski definition) is 0. The summed E-state index contributed by atoms with van der Waals surface area (Å²) in [4.78, 5) is 50.2. The van der Waals surface area contributed by atoms with Gasteiger partial charge in [0, 0.05) is 35.1 Å². The van der Waals surface area contributed by atoms with Crippen molar-refractivity contribution in [1.29, 1.82) is 0 Å². The summed E-state index contributed by atoms with van der Waals surface area (Å²) in [6.45, 7) is 8.83. The third kappa shape index (κ3) is 6.54. The Hall–Kier alpha value is -6.54. The first-order valence-electron chi connectivity index (χ1n) is 16.9. The Morgan fingerprint density at radius 2 is 0.673 bits per heavy atom. The van der Waals surface area contributed by atoms with Crippen LogP contribution in [0.5, 0.6) is 23.0 Å². The lowest BCUT2D eigenvalue weighted by Crippen LogP contribution is -2.29. The Labute approximate surface area is 302 Å². The molecule has 2 heterocycles. The number of imide groups is 2. The average Bonchev–Trinajstić information content (AvgIpc) is 3.67. The van der Waals surface area contributed by atoms with Gasteiger partial charge in [-0.1, -0.05) is 76.2 Å². The fraction of sp³-hybridized carbons (Fsp3) is 0.136. The van der Waals surface area contributed by atoms with Crippen molar-refractivity contribution in [3.8, 4) is 23.0 Å². The lowest BCUT2D eigenvalue weighted by atomic mass is 9.73. The van der Waals surface area contributed by atoms with Crippen LogP contribution in [0.3, 0.4) is 0 Å². The van der Waals surface area contributed by atoms with Crippen LogP contribution in [0.1, 0.15) is 49.9 Å². The van der Waals surface area contributed by atoms with Gasteiger partial charge in [-0.3, -0.25) is 19.2 Å². The number of carbonyl (C=O) groups is 4. The number of rotatable bonds is 10. The highest BCUT2D eigenvalue weighted by atomic mass is 16.5. The molecular formula is C44H36N2O6. The molecule has 0 fully saturated rings. The van der Waals surface area contributed by atoms with E-state index in [4.69, 9.17) is 9.47 Å². The number of amides is 4. The summed E-state index contributed by atoms with van der Waals surface area (Å²) in [6, 6.07) is 38.5. The van der Waals surface area contributed by atoms with Gasteiger partial charge in [0.05, 0.1) is 11.4 Å². The Kier molecular flexibility index (Phi) is 8.68. The molecule has 258 valence electrons. The zero-order chi connectivity index (χ0) is 36.6. The lowest BCUT2D eigenvalue weighted by Gasteiger charge is -2.31. The molecule has 8 nitrogen and oxygen atoms in total. The average molecular weight is 689 g/mol. The SMILES string of the molecule is CC(C)(c1ccc(Oc2ccc(N3C(=O)C=CC3=O)cc2)cc1)c1cccc(C(C)(C)c2ccc(Oc3ccc(N4C(=O)C=CC4=O)cc3)cc2)c1. The molecule has 0 bridgehead atoms. The van der Waals surface area contributed by atoms with E-state index < -0.39 is 0 Å². The molecule has 4 amide bonds. The van der Waals surface area contributed by atoms with Crippen molar-refractivity contribution in [2.75, 3.05) is 9.80 Å². The molecule has 2 aliphatic rings. The van der Waals surface area contributed by atoms with E-state index in [2.05, 4.69) is 76.2 Å². The molecule has 52 heavy (non-hydrogen) atoms. The van der Waals surface area contributed by atoms with Crippen LogP contribution in [0.25, 0.3) is 0 Å². The number of carbonyl (C=O) groups excluding carboxylic acids is 4. The van der Waals surface area contributed by atoms with E-state index in [9.17, 15) is 19.2 Å². The maximum atomic E-state index is 12.0. The van der Waals surface area contributed by atoms with E-state index in [1.54, 1.807) is 48.5 Å². The molecule has 5 aromatic carbocycles. The minimum Gasteiger partial charge on any atom is -0.457 e. The van der Waals surface area contributed by atoms with Gasteiger partial charge in [0.25, 0.3) is 23.6 Å². The Morgan fingerprint density at radius 1 is 0.385 bits per heavy atom. The van der Waals surface area contributed by atoms with Gasteiger partial charge in [0.2, 0.25) is 0 Å². The summed E-state index contributed by atoms with van der Waals surface area (Å²) < 4.78 is 12.1. The molecule has 0 radical (unpaired) electrons. The molecule has 0 aliphatic carbocycles. The topological polar surface area (TPSA) is 93.2 Å². The van der Waals surface area contributed by atoms with Gasteiger partial charge in [0.1, 0.15) is 23.0 Å². The van der Waals surface area contributed by atoms with Crippen LogP contribution in [0.2, 0.25) is 0 Å². The largest absolute Gasteiger partial charge is 0.457 e. The molecule has 7 rings (SSSR count). The van der Waals surface area contributed by atoms with Crippen LogP contribution < -0.4 is 19.3 Å². The standard InChI is InChI=1S/C44H36N2O6/c1-43(2,29-8-16-35(17-9-29)51-37-20-12-33(13-21-37)45-39(47)24-25-40(45)48)31-6-5-7-32(28-31)44(3,4)30-10-18-36(19-11-30)52-38-22-14-34(15-23-38)46-41(49)26-27-42(46)50/h5-28H,1-4H3. The van der Waals surface area contributed by atoms with Crippen molar-refractivity contribution in [3.05, 3.63) is 168 Å². The van der Waals surface area contributed by atoms with Gasteiger partial charge in [-0.15, -0.1) is 0 Å². The molecule has 5 aromatic rings. The van der Waals surface area contributed by atoms with Gasteiger partial charge in [-0.25, -0.2) is 9.80 Å². The third-order valence-electron chi connectivity index (χ3n) is 9.74. The second-order valence-electron chi connectivity index (χ2n) is 13.8. The van der Waals surface area contributed by atoms with Gasteiger partial charge in [-0.2, -0.15) is 0 Å². The molecular weight excluding hydrogens is 652 g/mol. The molecule has 0 N–H and O–H groups in total. The first-order chi connectivity index (χ1) is 24.9. The van der Waals surface area contributed by atoms with Crippen LogP contribution in [0.4, 0.5) is 11.4 Å². The van der Waals surface area contributed by atoms with Crippen molar-refractivity contribution in [2.45, 2.75) is 38.5 Å². The first kappa shape index (κ1) is 33.9. The molecule has 0 unspecified atom stereocenters. The molecule has 0 saturated heterocycles. The highest BCUT2D eigenvalue weighted by molar-refractivity contribution is 6.28. The maximum Gasteiger partial charge on any atom is 0.258 e. The van der Waals surface area contributed by atoms with Crippen molar-refractivity contribution >= 4 is 35.0 Å². The quantitative estimate of drug-likeness (QED) is 0.136. The molecule has 0 spiro atoms. The van der Waals surface area contributed by atoms with Crippen LogP contribution in [-0.4, -0.2) is 23.6 Å². The summed E-state index contributed by atoms with van der Waals surface area (Å²) in [7, 11) is 0. The smallest absolute Gasteiger partial charge is 0.258 e. The number of ether oxygens (including phenoxy) is 2. The maximum absolute atomic E-state index is 12.0. The summed E-state index contributed by atoms with van der Waals surface area (Å²) in [5, 5.41) is 0. The van der Waals surface area contributed by atoms with E-state index in [1.165, 1.54) is 35.4 Å². The Balaban J connectivity index is 1.01. The van der Waals surface area contributed by atoms with Crippen LogP contribution in [0, 0.1) is 0 Å². The van der Waals surface area contributed by atoms with Gasteiger partial charge in [-0.05, 0) is 95.1 Å². The van der Waals surface area contributed by atoms with Crippen molar-refractivity contribution in [2.24, 2.45) is 0 Å². The number of nitrogens with zero attached hydrogens (tertiary/aromatic N) is 2. The highest BCUT2D eigenvalue weighted by Gasteiger charge is 2.29. The predicted octanol–water partition coefficient (Wildman–Crippen LogP) is 8.78. The van der Waals surface area contributed by atoms with E-state index in [0.717, 1.165) is 20.9 Å². The number of benzene rings is 5. The first-order valence-corrected chi connectivity index (χ1v) is 16.9. The molecule has 2 aliphatic heterocycles. The summed E-state index contributed by atoms with van der Waals surface area (Å²) in [5.74, 6) is 1.11. The zero-order valence-corrected chi connectivity index (χ0v) is 29.2. The van der Waals surface area contributed by atoms with Crippen molar-refractivity contribution < 1.29 is 28.7 Å². The summed E-state index contributed by atoms with van der Waals surface area (Å²) >= 11 is 0. The fourth-order valence-electron chi connectivity index (χ4n) is 6.42. The third-order valence-corrected chi connectivity index (χ3v) is 9.74. The second kappa shape index (κ2) is 13.3. The van der Waals surface area contributed by atoms with Crippen LogP contribution >= 0.6 is 0 Å². The van der Waals surface area contributed by atoms with E-state index >= 15 is 0 Å². The minimum absolute atomic E-state index is 0.297. The Bertz CT molecular complexity index is 2050. The van der Waals surface area contributed by atoms with Crippen LogP contribution in [-0.2, 0) is 30.0 Å². The molecule has 0 atom stereocenters. The van der Waals surface area contributed by atoms with Gasteiger partial charge in [0.15, 0.2) is 0 Å². The van der Waals surface area contributed by atoms with Crippen LogP contribution in [0.15, 0.2) is 146 Å². The monoisotopic (exact) mass is 688 g/mol. The van der Waals surface area contributed by atoms with E-state index in [-0.39, 0.29) is 34.5 Å². The Morgan fingerprint density at radius 3 is 0.981 bits per heavy atom. The molecule has 0 saturated carbocycles. The minimum atomic E-state index is -0.358. The summed E-state index contributed by atoms with van der Waals surface area (Å²) in [6.07, 6.45) is 5.05. The van der Waals surface area contributed by atoms with Gasteiger partial charge < -0.3 is 9.47 Å². The number of hydrogen-bond acceptors (Lipinski definition) is 6. The van der Waals surface area contributed by atoms with Crippen molar-refractivity contribution in [1.82, 2.24) is 0 Å². The van der Waals surface area contributed by atoms with E-state index in [0.29, 0.717) is 34.4 Å². The fourth-order valence-corrected chi connectivity index (χ4v) is 6.42. The number of anilines is 2. The second-order valence-corrected chi connectivity index (χ2v) is 13.8. The highest BCUT2D eigenvalue weighted by Crippen LogP contribution is 2.38. The van der Waals surface area contributed by atoms with Gasteiger partial charge >= 0.3 is 0 Å². The predicted molar refractivity (Wildman–Crippen MR) is 200 cm³/mol. The zero-order valence-electron chi connectivity index (χ0n) is 29.2. The summed E-state index contributed by atoms with van der Waals surface area (Å²) in [5.41, 5.74) is 5.02. The van der Waals surface area contributed by atoms with E-state index in [1.807, 2.05) is 24.3 Å². The lowest BCUT2D eigenvalue weighted by molar-refractivity contribution is -0.121. The van der Waals surface area contributed by atoms with Crippen molar-refractivity contribution in [3.63, 3.8) is 0 Å².